The van der Waals surface area contributed by atoms with Crippen molar-refractivity contribution in [2.45, 2.75) is 29.8 Å². The van der Waals surface area contributed by atoms with Gasteiger partial charge in [0.25, 0.3) is 0 Å². The minimum atomic E-state index is -3.52. The number of imidazole rings is 1. The van der Waals surface area contributed by atoms with E-state index in [-0.39, 0.29) is 10.4 Å². The second-order valence-electron chi connectivity index (χ2n) is 8.03. The molecule has 1 spiro atoms. The summed E-state index contributed by atoms with van der Waals surface area (Å²) in [6.45, 7) is 2.73. The lowest BCUT2D eigenvalue weighted by atomic mass is 9.84. The van der Waals surface area contributed by atoms with Crippen molar-refractivity contribution >= 4 is 10.0 Å². The second-order valence-corrected chi connectivity index (χ2v) is 9.97. The first-order chi connectivity index (χ1) is 14.5. The molecule has 0 unspecified atom stereocenters. The van der Waals surface area contributed by atoms with Crippen molar-refractivity contribution in [2.24, 2.45) is 0 Å². The van der Waals surface area contributed by atoms with Crippen LogP contribution >= 0.6 is 0 Å². The largest absolute Gasteiger partial charge is 0.325 e. The Hall–Kier alpha value is -2.55. The standard InChI is InChI=1S/C22H25N5O2S/c1-25-14-15-27-20(18-6-3-2-4-7-18)17-24-21(27)22(25)9-12-26(13-10-22)30(28,29)19-8-5-11-23-16-19/h2-8,11,16-17H,9-10,12-15H2,1H3. The first kappa shape index (κ1) is 19.4. The van der Waals surface area contributed by atoms with E-state index in [1.165, 1.54) is 6.20 Å². The third kappa shape index (κ3) is 2.98. The van der Waals surface area contributed by atoms with Gasteiger partial charge in [-0.05, 0) is 37.6 Å². The molecule has 2 aromatic heterocycles. The Bertz CT molecular complexity index is 1140. The third-order valence-corrected chi connectivity index (χ3v) is 8.44. The van der Waals surface area contributed by atoms with Crippen molar-refractivity contribution < 1.29 is 8.42 Å². The van der Waals surface area contributed by atoms with Crippen LogP contribution in [0.15, 0.2) is 66.0 Å². The highest BCUT2D eigenvalue weighted by Crippen LogP contribution is 2.42. The van der Waals surface area contributed by atoms with Gasteiger partial charge in [0.05, 0.1) is 17.4 Å². The summed E-state index contributed by atoms with van der Waals surface area (Å²) in [4.78, 5) is 11.4. The highest BCUT2D eigenvalue weighted by atomic mass is 32.2. The van der Waals surface area contributed by atoms with Gasteiger partial charge in [0.1, 0.15) is 10.7 Å². The number of benzene rings is 1. The maximum Gasteiger partial charge on any atom is 0.244 e. The summed E-state index contributed by atoms with van der Waals surface area (Å²) in [5, 5.41) is 0. The number of pyridine rings is 1. The predicted molar refractivity (Wildman–Crippen MR) is 114 cm³/mol. The molecule has 0 aliphatic carbocycles. The molecule has 1 fully saturated rings. The fourth-order valence-corrected chi connectivity index (χ4v) is 6.20. The third-order valence-electron chi connectivity index (χ3n) is 6.55. The summed E-state index contributed by atoms with van der Waals surface area (Å²) >= 11 is 0. The number of hydrogen-bond acceptors (Lipinski definition) is 5. The van der Waals surface area contributed by atoms with E-state index in [0.29, 0.717) is 25.9 Å². The molecule has 0 atom stereocenters. The molecule has 7 nitrogen and oxygen atoms in total. The maximum absolute atomic E-state index is 13.0. The molecular formula is C22H25N5O2S. The fourth-order valence-electron chi connectivity index (χ4n) is 4.80. The molecule has 8 heteroatoms. The van der Waals surface area contributed by atoms with Crippen molar-refractivity contribution in [3.05, 3.63) is 66.9 Å². The molecule has 0 radical (unpaired) electrons. The lowest BCUT2D eigenvalue weighted by Gasteiger charge is -2.49. The summed E-state index contributed by atoms with van der Waals surface area (Å²) in [6, 6.07) is 13.6. The summed E-state index contributed by atoms with van der Waals surface area (Å²) in [7, 11) is -1.39. The van der Waals surface area contributed by atoms with Gasteiger partial charge in [-0.3, -0.25) is 9.88 Å². The normalized spacial score (nSPS) is 19.6. The molecule has 1 aromatic carbocycles. The molecule has 3 aromatic rings. The average Bonchev–Trinajstić information content (AvgIpc) is 3.23. The van der Waals surface area contributed by atoms with Crippen LogP contribution in [-0.4, -0.2) is 58.8 Å². The molecule has 30 heavy (non-hydrogen) atoms. The van der Waals surface area contributed by atoms with Crippen molar-refractivity contribution in [1.29, 1.82) is 0 Å². The van der Waals surface area contributed by atoms with Gasteiger partial charge in [0.15, 0.2) is 0 Å². The highest BCUT2D eigenvalue weighted by Gasteiger charge is 2.47. The monoisotopic (exact) mass is 423 g/mol. The van der Waals surface area contributed by atoms with Crippen LogP contribution in [0.4, 0.5) is 0 Å². The van der Waals surface area contributed by atoms with Gasteiger partial charge in [0.2, 0.25) is 10.0 Å². The Morgan fingerprint density at radius 2 is 1.70 bits per heavy atom. The van der Waals surface area contributed by atoms with Gasteiger partial charge in [-0.1, -0.05) is 30.3 Å². The smallest absolute Gasteiger partial charge is 0.244 e. The van der Waals surface area contributed by atoms with Gasteiger partial charge in [-0.2, -0.15) is 4.31 Å². The Balaban J connectivity index is 1.45. The Morgan fingerprint density at radius 3 is 2.40 bits per heavy atom. The molecule has 1 saturated heterocycles. The van der Waals surface area contributed by atoms with E-state index >= 15 is 0 Å². The van der Waals surface area contributed by atoms with Gasteiger partial charge >= 0.3 is 0 Å². The SMILES string of the molecule is CN1CCn2c(-c3ccccc3)cnc2C12CCN(S(=O)(=O)c1cccnc1)CC2. The zero-order valence-electron chi connectivity index (χ0n) is 17.0. The number of aromatic nitrogens is 3. The zero-order valence-corrected chi connectivity index (χ0v) is 17.8. The van der Waals surface area contributed by atoms with Crippen molar-refractivity contribution in [2.75, 3.05) is 26.7 Å². The van der Waals surface area contributed by atoms with E-state index in [0.717, 1.165) is 30.2 Å². The molecule has 5 rings (SSSR count). The highest BCUT2D eigenvalue weighted by molar-refractivity contribution is 7.89. The van der Waals surface area contributed by atoms with Crippen LogP contribution in [0.1, 0.15) is 18.7 Å². The van der Waals surface area contributed by atoms with Gasteiger partial charge in [0, 0.05) is 38.6 Å². The van der Waals surface area contributed by atoms with Crippen LogP contribution in [0.2, 0.25) is 0 Å². The van der Waals surface area contributed by atoms with Crippen LogP contribution in [0.5, 0.6) is 0 Å². The van der Waals surface area contributed by atoms with Gasteiger partial charge < -0.3 is 4.57 Å². The Morgan fingerprint density at radius 1 is 0.933 bits per heavy atom. The Kier molecular flexibility index (Phi) is 4.72. The minimum Gasteiger partial charge on any atom is -0.325 e. The van der Waals surface area contributed by atoms with Crippen LogP contribution in [-0.2, 0) is 22.1 Å². The van der Waals surface area contributed by atoms with Crippen molar-refractivity contribution in [3.8, 4) is 11.3 Å². The molecule has 0 N–H and O–H groups in total. The number of rotatable bonds is 3. The van der Waals surface area contributed by atoms with E-state index in [2.05, 4.69) is 33.6 Å². The number of piperidine rings is 1. The number of sulfonamides is 1. The van der Waals surface area contributed by atoms with Crippen LogP contribution in [0, 0.1) is 0 Å². The molecule has 2 aliphatic heterocycles. The number of likely N-dealkylation sites (N-methyl/N-ethyl adjacent to an activating group) is 1. The lowest BCUT2D eigenvalue weighted by Crippen LogP contribution is -2.57. The number of fused-ring (bicyclic) bond motifs is 2. The summed E-state index contributed by atoms with van der Waals surface area (Å²) < 4.78 is 30.0. The first-order valence-corrected chi connectivity index (χ1v) is 11.7. The minimum absolute atomic E-state index is 0.244. The first-order valence-electron chi connectivity index (χ1n) is 10.3. The number of nitrogens with zero attached hydrogens (tertiary/aromatic N) is 5. The van der Waals surface area contributed by atoms with E-state index < -0.39 is 10.0 Å². The summed E-state index contributed by atoms with van der Waals surface area (Å²) in [5.41, 5.74) is 2.04. The Labute approximate surface area is 177 Å². The van der Waals surface area contributed by atoms with E-state index in [1.807, 2.05) is 24.4 Å². The van der Waals surface area contributed by atoms with Crippen LogP contribution in [0.25, 0.3) is 11.3 Å². The summed E-state index contributed by atoms with van der Waals surface area (Å²) in [5.74, 6) is 1.05. The number of hydrogen-bond donors (Lipinski definition) is 0. The van der Waals surface area contributed by atoms with Crippen molar-refractivity contribution in [1.82, 2.24) is 23.7 Å². The molecule has 0 saturated carbocycles. The van der Waals surface area contributed by atoms with Gasteiger partial charge in [-0.15, -0.1) is 0 Å². The second kappa shape index (κ2) is 7.30. The van der Waals surface area contributed by atoms with Crippen molar-refractivity contribution in [3.63, 3.8) is 0 Å². The molecular weight excluding hydrogens is 398 g/mol. The zero-order chi connectivity index (χ0) is 20.8. The molecule has 0 amide bonds. The maximum atomic E-state index is 13.0. The fraction of sp³-hybridized carbons (Fsp3) is 0.364. The van der Waals surface area contributed by atoms with Crippen LogP contribution in [0.3, 0.4) is 0 Å². The quantitative estimate of drug-likeness (QED) is 0.648. The molecule has 2 aliphatic rings. The van der Waals surface area contributed by atoms with Crippen LogP contribution < -0.4 is 0 Å². The predicted octanol–water partition coefficient (Wildman–Crippen LogP) is 2.57. The van der Waals surface area contributed by atoms with Gasteiger partial charge in [-0.25, -0.2) is 13.4 Å². The molecule has 0 bridgehead atoms. The average molecular weight is 424 g/mol. The van der Waals surface area contributed by atoms with E-state index in [1.54, 1.807) is 22.6 Å². The van der Waals surface area contributed by atoms with E-state index in [9.17, 15) is 8.42 Å². The van der Waals surface area contributed by atoms with E-state index in [4.69, 9.17) is 4.98 Å². The molecule has 4 heterocycles. The summed E-state index contributed by atoms with van der Waals surface area (Å²) in [6.07, 6.45) is 6.41. The molecule has 156 valence electrons. The topological polar surface area (TPSA) is 71.3 Å². The lowest BCUT2D eigenvalue weighted by molar-refractivity contribution is 0.0274.